The first kappa shape index (κ1) is 13.6. The number of alkyl halides is 1. The van der Waals surface area contributed by atoms with Gasteiger partial charge in [0.15, 0.2) is 0 Å². The Labute approximate surface area is 119 Å². The third-order valence-corrected chi connectivity index (χ3v) is 5.03. The zero-order valence-electron chi connectivity index (χ0n) is 11.2. The molecule has 1 atom stereocenters. The van der Waals surface area contributed by atoms with Crippen LogP contribution in [0.4, 0.5) is 0 Å². The maximum atomic E-state index is 3.69. The highest BCUT2D eigenvalue weighted by Gasteiger charge is 2.23. The molecule has 0 aromatic heterocycles. The maximum absolute atomic E-state index is 3.69. The van der Waals surface area contributed by atoms with Gasteiger partial charge < -0.3 is 0 Å². The zero-order chi connectivity index (χ0) is 13.0. The summed E-state index contributed by atoms with van der Waals surface area (Å²) in [6.07, 6.45) is 3.65. The fourth-order valence-corrected chi connectivity index (χ4v) is 3.19. The van der Waals surface area contributed by atoms with Crippen LogP contribution in [0.15, 0.2) is 42.5 Å². The average molecular weight is 305 g/mol. The first-order chi connectivity index (χ1) is 8.68. The van der Waals surface area contributed by atoms with E-state index in [0.29, 0.717) is 5.41 Å². The first-order valence-electron chi connectivity index (χ1n) is 6.71. The van der Waals surface area contributed by atoms with Crippen LogP contribution < -0.4 is 0 Å². The SMILES string of the molecule is CCCC(C)(CBr)Cc1cccc2ccccc12. The van der Waals surface area contributed by atoms with Gasteiger partial charge in [0.2, 0.25) is 0 Å². The highest BCUT2D eigenvalue weighted by Crippen LogP contribution is 2.32. The lowest BCUT2D eigenvalue weighted by Crippen LogP contribution is -2.21. The fourth-order valence-electron chi connectivity index (χ4n) is 2.71. The summed E-state index contributed by atoms with van der Waals surface area (Å²) in [4.78, 5) is 0. The minimum atomic E-state index is 0.360. The standard InChI is InChI=1S/C17H21Br/c1-3-11-17(2,13-18)12-15-9-6-8-14-7-4-5-10-16(14)15/h4-10H,3,11-13H2,1-2H3. The Morgan fingerprint density at radius 1 is 1.06 bits per heavy atom. The monoisotopic (exact) mass is 304 g/mol. The van der Waals surface area contributed by atoms with Gasteiger partial charge in [0, 0.05) is 5.33 Å². The van der Waals surface area contributed by atoms with Crippen molar-refractivity contribution < 1.29 is 0 Å². The van der Waals surface area contributed by atoms with E-state index in [9.17, 15) is 0 Å². The second-order valence-corrected chi connectivity index (χ2v) is 6.07. The van der Waals surface area contributed by atoms with Gasteiger partial charge in [-0.1, -0.05) is 78.7 Å². The highest BCUT2D eigenvalue weighted by molar-refractivity contribution is 9.09. The van der Waals surface area contributed by atoms with Crippen molar-refractivity contribution in [3.05, 3.63) is 48.0 Å². The van der Waals surface area contributed by atoms with Crippen LogP contribution in [0.1, 0.15) is 32.3 Å². The molecule has 0 aliphatic heterocycles. The van der Waals surface area contributed by atoms with Crippen molar-refractivity contribution in [3.63, 3.8) is 0 Å². The summed E-state index contributed by atoms with van der Waals surface area (Å²) in [5.74, 6) is 0. The van der Waals surface area contributed by atoms with E-state index in [1.54, 1.807) is 0 Å². The number of rotatable bonds is 5. The Hall–Kier alpha value is -0.820. The molecule has 0 N–H and O–H groups in total. The van der Waals surface area contributed by atoms with Crippen molar-refractivity contribution >= 4 is 26.7 Å². The van der Waals surface area contributed by atoms with Gasteiger partial charge in [-0.3, -0.25) is 0 Å². The summed E-state index contributed by atoms with van der Waals surface area (Å²) in [6, 6.07) is 15.3. The Bertz CT molecular complexity index is 513. The average Bonchev–Trinajstić information content (AvgIpc) is 2.39. The van der Waals surface area contributed by atoms with Crippen LogP contribution in [-0.2, 0) is 6.42 Å². The topological polar surface area (TPSA) is 0 Å². The van der Waals surface area contributed by atoms with Crippen molar-refractivity contribution in [2.45, 2.75) is 33.1 Å². The maximum Gasteiger partial charge on any atom is 0.00885 e. The molecule has 1 heteroatoms. The van der Waals surface area contributed by atoms with Crippen LogP contribution >= 0.6 is 15.9 Å². The van der Waals surface area contributed by atoms with E-state index in [2.05, 4.69) is 72.2 Å². The summed E-state index contributed by atoms with van der Waals surface area (Å²) in [6.45, 7) is 4.65. The molecular weight excluding hydrogens is 284 g/mol. The molecule has 0 heterocycles. The third kappa shape index (κ3) is 2.95. The molecule has 0 saturated carbocycles. The normalized spacial score (nSPS) is 14.6. The second-order valence-electron chi connectivity index (χ2n) is 5.51. The molecule has 18 heavy (non-hydrogen) atoms. The molecule has 0 spiro atoms. The van der Waals surface area contributed by atoms with E-state index >= 15 is 0 Å². The number of fused-ring (bicyclic) bond motifs is 1. The minimum absolute atomic E-state index is 0.360. The molecule has 0 bridgehead atoms. The van der Waals surface area contributed by atoms with Gasteiger partial charge in [0.1, 0.15) is 0 Å². The minimum Gasteiger partial charge on any atom is -0.0922 e. The second kappa shape index (κ2) is 5.88. The van der Waals surface area contributed by atoms with E-state index in [0.717, 1.165) is 11.8 Å². The molecule has 2 aromatic rings. The van der Waals surface area contributed by atoms with Crippen LogP contribution in [-0.4, -0.2) is 5.33 Å². The van der Waals surface area contributed by atoms with E-state index in [4.69, 9.17) is 0 Å². The van der Waals surface area contributed by atoms with Crippen molar-refractivity contribution in [2.75, 3.05) is 5.33 Å². The van der Waals surface area contributed by atoms with Crippen molar-refractivity contribution in [2.24, 2.45) is 5.41 Å². The summed E-state index contributed by atoms with van der Waals surface area (Å²) >= 11 is 3.69. The molecule has 0 amide bonds. The largest absolute Gasteiger partial charge is 0.0922 e. The van der Waals surface area contributed by atoms with E-state index in [1.807, 2.05) is 0 Å². The van der Waals surface area contributed by atoms with Gasteiger partial charge in [-0.15, -0.1) is 0 Å². The van der Waals surface area contributed by atoms with Gasteiger partial charge in [0.25, 0.3) is 0 Å². The van der Waals surface area contributed by atoms with Gasteiger partial charge >= 0.3 is 0 Å². The molecule has 0 fully saturated rings. The predicted octanol–water partition coefficient (Wildman–Crippen LogP) is 5.58. The molecular formula is C17H21Br. The molecule has 2 aromatic carbocycles. The Morgan fingerprint density at radius 2 is 1.78 bits per heavy atom. The zero-order valence-corrected chi connectivity index (χ0v) is 12.8. The van der Waals surface area contributed by atoms with E-state index in [-0.39, 0.29) is 0 Å². The predicted molar refractivity (Wildman–Crippen MR) is 84.5 cm³/mol. The quantitative estimate of drug-likeness (QED) is 0.632. The van der Waals surface area contributed by atoms with E-state index < -0.39 is 0 Å². The molecule has 0 aliphatic carbocycles. The number of hydrogen-bond donors (Lipinski definition) is 0. The number of halogens is 1. The molecule has 0 saturated heterocycles. The first-order valence-corrected chi connectivity index (χ1v) is 7.83. The van der Waals surface area contributed by atoms with Crippen molar-refractivity contribution in [1.82, 2.24) is 0 Å². The molecule has 96 valence electrons. The molecule has 0 aliphatic rings. The van der Waals surface area contributed by atoms with Crippen LogP contribution in [0.25, 0.3) is 10.8 Å². The fraction of sp³-hybridized carbons (Fsp3) is 0.412. The molecule has 1 unspecified atom stereocenters. The Balaban J connectivity index is 2.36. The summed E-state index contributed by atoms with van der Waals surface area (Å²) in [7, 11) is 0. The van der Waals surface area contributed by atoms with Crippen molar-refractivity contribution in [3.8, 4) is 0 Å². The van der Waals surface area contributed by atoms with Gasteiger partial charge in [-0.25, -0.2) is 0 Å². The number of hydrogen-bond acceptors (Lipinski definition) is 0. The lowest BCUT2D eigenvalue weighted by molar-refractivity contribution is 0.341. The molecule has 2 rings (SSSR count). The summed E-state index contributed by atoms with van der Waals surface area (Å²) < 4.78 is 0. The van der Waals surface area contributed by atoms with Crippen molar-refractivity contribution in [1.29, 1.82) is 0 Å². The Morgan fingerprint density at radius 3 is 2.50 bits per heavy atom. The summed E-state index contributed by atoms with van der Waals surface area (Å²) in [5, 5.41) is 3.82. The van der Waals surface area contributed by atoms with Crippen LogP contribution in [0, 0.1) is 5.41 Å². The van der Waals surface area contributed by atoms with Gasteiger partial charge in [-0.05, 0) is 34.6 Å². The Kier molecular flexibility index (Phi) is 4.45. The van der Waals surface area contributed by atoms with Gasteiger partial charge in [-0.2, -0.15) is 0 Å². The van der Waals surface area contributed by atoms with Crippen LogP contribution in [0.2, 0.25) is 0 Å². The molecule has 0 nitrogen and oxygen atoms in total. The lowest BCUT2D eigenvalue weighted by Gasteiger charge is -2.27. The lowest BCUT2D eigenvalue weighted by atomic mass is 9.80. The van der Waals surface area contributed by atoms with Crippen LogP contribution in [0.5, 0.6) is 0 Å². The highest BCUT2D eigenvalue weighted by atomic mass is 79.9. The molecule has 0 radical (unpaired) electrons. The summed E-state index contributed by atoms with van der Waals surface area (Å²) in [5.41, 5.74) is 1.84. The smallest absolute Gasteiger partial charge is 0.00885 e. The number of benzene rings is 2. The van der Waals surface area contributed by atoms with Crippen LogP contribution in [0.3, 0.4) is 0 Å². The van der Waals surface area contributed by atoms with E-state index in [1.165, 1.54) is 29.2 Å². The third-order valence-electron chi connectivity index (χ3n) is 3.67. The van der Waals surface area contributed by atoms with Gasteiger partial charge in [0.05, 0.1) is 0 Å².